The third-order valence-corrected chi connectivity index (χ3v) is 6.14. The zero-order valence-corrected chi connectivity index (χ0v) is 11.8. The minimum Gasteiger partial charge on any atom is -0.427 e. The van der Waals surface area contributed by atoms with Gasteiger partial charge in [-0.1, -0.05) is 0 Å². The van der Waals surface area contributed by atoms with Crippen molar-refractivity contribution >= 4 is 26.4 Å². The first kappa shape index (κ1) is 14.0. The highest BCUT2D eigenvalue weighted by molar-refractivity contribution is 7.87. The average molecular weight is 328 g/mol. The molecule has 3 aliphatic rings. The van der Waals surface area contributed by atoms with E-state index in [9.17, 15) is 21.6 Å². The van der Waals surface area contributed by atoms with Gasteiger partial charge < -0.3 is 9.47 Å². The molecule has 0 aromatic rings. The van der Waals surface area contributed by atoms with Gasteiger partial charge in [-0.15, -0.1) is 0 Å². The van der Waals surface area contributed by atoms with Crippen LogP contribution in [0.2, 0.25) is 0 Å². The lowest BCUT2D eigenvalue weighted by molar-refractivity contribution is 0.0562. The Hall–Kier alpha value is -0.910. The highest BCUT2D eigenvalue weighted by Gasteiger charge is 2.52. The molecular weight excluding hydrogens is 316 g/mol. The lowest BCUT2D eigenvalue weighted by Gasteiger charge is -2.22. The highest BCUT2D eigenvalue weighted by Crippen LogP contribution is 2.34. The largest absolute Gasteiger partial charge is 0.509 e. The molecule has 3 rings (SSSR count). The van der Waals surface area contributed by atoms with E-state index in [-0.39, 0.29) is 24.7 Å². The van der Waals surface area contributed by atoms with Gasteiger partial charge in [0.05, 0.1) is 24.7 Å². The van der Waals surface area contributed by atoms with E-state index < -0.39 is 50.4 Å². The van der Waals surface area contributed by atoms with Gasteiger partial charge in [0.25, 0.3) is 20.2 Å². The molecule has 9 nitrogen and oxygen atoms in total. The SMILES string of the molecule is O=C1OC(C2COS(=O)(=O)C2)C(C2COS(=O)(=O)C2)O1. The highest BCUT2D eigenvalue weighted by atomic mass is 32.2. The minimum absolute atomic E-state index is 0.111. The maximum Gasteiger partial charge on any atom is 0.509 e. The topological polar surface area (TPSA) is 122 Å². The van der Waals surface area contributed by atoms with E-state index in [1.807, 2.05) is 0 Å². The van der Waals surface area contributed by atoms with Crippen LogP contribution in [0.5, 0.6) is 0 Å². The van der Waals surface area contributed by atoms with Crippen molar-refractivity contribution in [3.8, 4) is 0 Å². The van der Waals surface area contributed by atoms with Gasteiger partial charge in [-0.3, -0.25) is 8.37 Å². The van der Waals surface area contributed by atoms with Crippen molar-refractivity contribution in [1.82, 2.24) is 0 Å². The van der Waals surface area contributed by atoms with Crippen molar-refractivity contribution < 1.29 is 39.5 Å². The fourth-order valence-electron chi connectivity index (χ4n) is 2.59. The molecule has 3 aliphatic heterocycles. The van der Waals surface area contributed by atoms with E-state index >= 15 is 0 Å². The van der Waals surface area contributed by atoms with Crippen LogP contribution in [0.1, 0.15) is 0 Å². The molecule has 0 saturated carbocycles. The third-order valence-electron chi connectivity index (χ3n) is 3.48. The summed E-state index contributed by atoms with van der Waals surface area (Å²) < 4.78 is 64.4. The normalized spacial score (nSPS) is 42.3. The molecule has 3 heterocycles. The zero-order chi connectivity index (χ0) is 14.5. The second kappa shape index (κ2) is 4.55. The second-order valence-electron chi connectivity index (χ2n) is 4.95. The Morgan fingerprint density at radius 1 is 0.800 bits per heavy atom. The van der Waals surface area contributed by atoms with E-state index in [0.29, 0.717) is 0 Å². The predicted molar refractivity (Wildman–Crippen MR) is 61.6 cm³/mol. The molecular formula is C9H12O9S2. The Bertz CT molecular complexity index is 568. The molecule has 0 amide bonds. The number of cyclic esters (lactones) is 2. The smallest absolute Gasteiger partial charge is 0.427 e. The van der Waals surface area contributed by atoms with Crippen LogP contribution in [-0.4, -0.2) is 59.9 Å². The second-order valence-corrected chi connectivity index (χ2v) is 8.32. The summed E-state index contributed by atoms with van der Waals surface area (Å²) >= 11 is 0. The summed E-state index contributed by atoms with van der Waals surface area (Å²) in [4.78, 5) is 11.3. The molecule has 0 spiro atoms. The molecule has 0 aromatic heterocycles. The predicted octanol–water partition coefficient (Wildman–Crippen LogP) is -1.16. The molecule has 3 fully saturated rings. The van der Waals surface area contributed by atoms with Gasteiger partial charge in [0.15, 0.2) is 0 Å². The Morgan fingerprint density at radius 2 is 1.20 bits per heavy atom. The molecule has 0 bridgehead atoms. The number of carbonyl (C=O) groups is 1. The molecule has 3 saturated heterocycles. The van der Waals surface area contributed by atoms with Gasteiger partial charge in [0.1, 0.15) is 12.2 Å². The van der Waals surface area contributed by atoms with Gasteiger partial charge in [0.2, 0.25) is 0 Å². The molecule has 0 N–H and O–H groups in total. The van der Waals surface area contributed by atoms with Crippen molar-refractivity contribution in [3.05, 3.63) is 0 Å². The molecule has 0 radical (unpaired) electrons. The molecule has 0 aliphatic carbocycles. The molecule has 4 atom stereocenters. The van der Waals surface area contributed by atoms with Crippen LogP contribution in [0.3, 0.4) is 0 Å². The number of ether oxygens (including phenoxy) is 2. The van der Waals surface area contributed by atoms with E-state index in [0.717, 1.165) is 0 Å². The van der Waals surface area contributed by atoms with E-state index in [1.165, 1.54) is 0 Å². The van der Waals surface area contributed by atoms with Gasteiger partial charge >= 0.3 is 6.16 Å². The van der Waals surface area contributed by atoms with Crippen molar-refractivity contribution in [2.75, 3.05) is 24.7 Å². The zero-order valence-electron chi connectivity index (χ0n) is 10.1. The van der Waals surface area contributed by atoms with Crippen LogP contribution >= 0.6 is 0 Å². The maximum atomic E-state index is 11.3. The van der Waals surface area contributed by atoms with Gasteiger partial charge in [0, 0.05) is 11.8 Å². The lowest BCUT2D eigenvalue weighted by Crippen LogP contribution is -2.39. The maximum absolute atomic E-state index is 11.3. The summed E-state index contributed by atoms with van der Waals surface area (Å²) in [6, 6.07) is 0. The van der Waals surface area contributed by atoms with Crippen LogP contribution < -0.4 is 0 Å². The van der Waals surface area contributed by atoms with Crippen LogP contribution in [0.25, 0.3) is 0 Å². The Morgan fingerprint density at radius 3 is 1.50 bits per heavy atom. The van der Waals surface area contributed by atoms with Crippen molar-refractivity contribution in [3.63, 3.8) is 0 Å². The monoisotopic (exact) mass is 328 g/mol. The standard InChI is InChI=1S/C9H12O9S2/c10-9-17-7(5-1-15-19(11,12)3-5)8(18-9)6-2-16-20(13,14)4-6/h5-8H,1-4H2. The summed E-state index contributed by atoms with van der Waals surface area (Å²) in [5.74, 6) is -1.71. The van der Waals surface area contributed by atoms with Crippen LogP contribution in [-0.2, 0) is 38.1 Å². The first-order valence-electron chi connectivity index (χ1n) is 5.87. The molecule has 11 heteroatoms. The number of hydrogen-bond donors (Lipinski definition) is 0. The summed E-state index contributed by atoms with van der Waals surface area (Å²) in [6.45, 7) is -0.221. The summed E-state index contributed by atoms with van der Waals surface area (Å²) in [5, 5.41) is 0. The Labute approximate surface area is 115 Å². The Balaban J connectivity index is 1.78. The summed E-state index contributed by atoms with van der Waals surface area (Å²) in [7, 11) is -7.23. The first-order chi connectivity index (χ1) is 9.26. The first-order valence-corrected chi connectivity index (χ1v) is 9.03. The number of hydrogen-bond acceptors (Lipinski definition) is 9. The van der Waals surface area contributed by atoms with Crippen molar-refractivity contribution in [1.29, 1.82) is 0 Å². The van der Waals surface area contributed by atoms with Crippen molar-refractivity contribution in [2.24, 2.45) is 11.8 Å². The van der Waals surface area contributed by atoms with E-state index in [4.69, 9.17) is 9.47 Å². The third kappa shape index (κ3) is 2.62. The molecule has 114 valence electrons. The van der Waals surface area contributed by atoms with Gasteiger partial charge in [-0.25, -0.2) is 4.79 Å². The lowest BCUT2D eigenvalue weighted by atomic mass is 9.92. The van der Waals surface area contributed by atoms with Crippen LogP contribution in [0, 0.1) is 11.8 Å². The quantitative estimate of drug-likeness (QED) is 0.456. The van der Waals surface area contributed by atoms with Crippen LogP contribution in [0.4, 0.5) is 4.79 Å². The van der Waals surface area contributed by atoms with E-state index in [2.05, 4.69) is 8.37 Å². The minimum atomic E-state index is -3.62. The van der Waals surface area contributed by atoms with Gasteiger partial charge in [-0.05, 0) is 0 Å². The van der Waals surface area contributed by atoms with Crippen LogP contribution in [0.15, 0.2) is 0 Å². The number of carbonyl (C=O) groups excluding carboxylic acids is 1. The molecule has 4 unspecified atom stereocenters. The Kier molecular flexibility index (Phi) is 3.19. The summed E-state index contributed by atoms with van der Waals surface area (Å²) in [6.07, 6.45) is -2.63. The molecule has 20 heavy (non-hydrogen) atoms. The molecule has 0 aromatic carbocycles. The van der Waals surface area contributed by atoms with Crippen molar-refractivity contribution in [2.45, 2.75) is 12.2 Å². The fraction of sp³-hybridized carbons (Fsp3) is 0.889. The number of rotatable bonds is 2. The summed E-state index contributed by atoms with van der Waals surface area (Å²) in [5.41, 5.74) is 0. The van der Waals surface area contributed by atoms with E-state index in [1.54, 1.807) is 0 Å². The van der Waals surface area contributed by atoms with Gasteiger partial charge in [-0.2, -0.15) is 16.8 Å². The average Bonchev–Trinajstić information content (AvgIpc) is 2.96. The fourth-order valence-corrected chi connectivity index (χ4v) is 5.17.